The number of carboxylic acid groups (broad SMARTS) is 1. The molecule has 1 saturated carbocycles. The molecule has 0 unspecified atom stereocenters. The zero-order valence-corrected chi connectivity index (χ0v) is 11.1. The molecule has 4 atom stereocenters. The molecule has 2 bridgehead atoms. The molecule has 106 valence electrons. The molecule has 0 saturated heterocycles. The summed E-state index contributed by atoms with van der Waals surface area (Å²) in [4.78, 5) is 23.9. The van der Waals surface area contributed by atoms with Crippen molar-refractivity contribution in [2.75, 3.05) is 5.32 Å². The summed E-state index contributed by atoms with van der Waals surface area (Å²) in [5, 5.41) is 15.8. The average Bonchev–Trinajstić information content (AvgIpc) is 2.84. The van der Waals surface area contributed by atoms with E-state index in [-0.39, 0.29) is 17.7 Å². The number of carboxylic acids is 1. The van der Waals surface area contributed by atoms with E-state index in [0.29, 0.717) is 11.6 Å². The van der Waals surface area contributed by atoms with E-state index in [0.717, 1.165) is 12.8 Å². The molecule has 3 aliphatic carbocycles. The van der Waals surface area contributed by atoms with E-state index < -0.39 is 17.8 Å². The Bertz CT molecular complexity index is 577. The summed E-state index contributed by atoms with van der Waals surface area (Å²) in [6.07, 6.45) is 5.62. The van der Waals surface area contributed by atoms with Crippen molar-refractivity contribution in [3.05, 3.63) is 24.0 Å². The van der Waals surface area contributed by atoms with Crippen molar-refractivity contribution in [2.45, 2.75) is 19.8 Å². The molecular formula is C14H16N2O4. The summed E-state index contributed by atoms with van der Waals surface area (Å²) in [7, 11) is 0. The molecule has 6 heteroatoms. The number of fused-ring (bicyclic) bond motifs is 2. The molecule has 1 aromatic rings. The highest BCUT2D eigenvalue weighted by Gasteiger charge is 2.48. The van der Waals surface area contributed by atoms with Crippen LogP contribution >= 0.6 is 0 Å². The lowest BCUT2D eigenvalue weighted by Gasteiger charge is -2.41. The minimum atomic E-state index is -0.902. The Morgan fingerprint density at radius 2 is 1.95 bits per heavy atom. The molecule has 4 rings (SSSR count). The van der Waals surface area contributed by atoms with E-state index in [4.69, 9.17) is 4.52 Å². The summed E-state index contributed by atoms with van der Waals surface area (Å²) < 4.78 is 4.89. The lowest BCUT2D eigenvalue weighted by atomic mass is 9.62. The molecular weight excluding hydrogens is 260 g/mol. The van der Waals surface area contributed by atoms with Gasteiger partial charge < -0.3 is 14.9 Å². The van der Waals surface area contributed by atoms with Crippen LogP contribution in [-0.4, -0.2) is 22.1 Å². The van der Waals surface area contributed by atoms with Crippen molar-refractivity contribution >= 4 is 17.7 Å². The van der Waals surface area contributed by atoms with Gasteiger partial charge in [0.15, 0.2) is 5.82 Å². The van der Waals surface area contributed by atoms with Gasteiger partial charge in [0.1, 0.15) is 5.76 Å². The summed E-state index contributed by atoms with van der Waals surface area (Å²) in [6.45, 7) is 1.73. The van der Waals surface area contributed by atoms with E-state index in [1.165, 1.54) is 0 Å². The zero-order valence-electron chi connectivity index (χ0n) is 11.1. The van der Waals surface area contributed by atoms with E-state index in [1.807, 2.05) is 12.2 Å². The van der Waals surface area contributed by atoms with Crippen LogP contribution in [-0.2, 0) is 9.59 Å². The molecule has 1 amide bonds. The van der Waals surface area contributed by atoms with Crippen molar-refractivity contribution in [2.24, 2.45) is 23.7 Å². The monoisotopic (exact) mass is 276 g/mol. The van der Waals surface area contributed by atoms with Gasteiger partial charge in [0, 0.05) is 6.07 Å². The number of nitrogens with one attached hydrogen (secondary N) is 1. The first-order valence-electron chi connectivity index (χ1n) is 6.71. The Morgan fingerprint density at radius 1 is 1.30 bits per heavy atom. The average molecular weight is 276 g/mol. The highest BCUT2D eigenvalue weighted by Crippen LogP contribution is 2.45. The number of hydrogen-bond acceptors (Lipinski definition) is 4. The van der Waals surface area contributed by atoms with Gasteiger partial charge in [-0.3, -0.25) is 9.59 Å². The maximum Gasteiger partial charge on any atom is 0.307 e. The first kappa shape index (κ1) is 12.9. The van der Waals surface area contributed by atoms with Crippen LogP contribution < -0.4 is 5.32 Å². The zero-order chi connectivity index (χ0) is 14.3. The Kier molecular flexibility index (Phi) is 3.08. The molecule has 6 nitrogen and oxygen atoms in total. The van der Waals surface area contributed by atoms with Gasteiger partial charge >= 0.3 is 5.97 Å². The minimum Gasteiger partial charge on any atom is -0.481 e. The fourth-order valence-corrected chi connectivity index (χ4v) is 3.32. The summed E-state index contributed by atoms with van der Waals surface area (Å²) >= 11 is 0. The molecule has 0 aromatic carbocycles. The number of carbonyl (C=O) groups excluding carboxylic acids is 1. The predicted octanol–water partition coefficient (Wildman–Crippen LogP) is 1.83. The lowest BCUT2D eigenvalue weighted by molar-refractivity contribution is -0.151. The smallest absolute Gasteiger partial charge is 0.307 e. The Morgan fingerprint density at radius 3 is 2.45 bits per heavy atom. The van der Waals surface area contributed by atoms with Gasteiger partial charge in [-0.2, -0.15) is 0 Å². The molecule has 0 radical (unpaired) electrons. The third-order valence-electron chi connectivity index (χ3n) is 4.22. The summed E-state index contributed by atoms with van der Waals surface area (Å²) in [5.74, 6) is -1.49. The third kappa shape index (κ3) is 2.11. The molecule has 3 aliphatic rings. The molecule has 20 heavy (non-hydrogen) atoms. The van der Waals surface area contributed by atoms with Crippen molar-refractivity contribution in [1.82, 2.24) is 5.16 Å². The predicted molar refractivity (Wildman–Crippen MR) is 69.8 cm³/mol. The summed E-state index contributed by atoms with van der Waals surface area (Å²) in [6, 6.07) is 1.62. The van der Waals surface area contributed by atoms with Gasteiger partial charge in [0.2, 0.25) is 5.91 Å². The first-order valence-corrected chi connectivity index (χ1v) is 6.71. The number of nitrogens with zero attached hydrogens (tertiary/aromatic N) is 1. The largest absolute Gasteiger partial charge is 0.481 e. The van der Waals surface area contributed by atoms with Crippen LogP contribution in [0, 0.1) is 30.6 Å². The second-order valence-corrected chi connectivity index (χ2v) is 5.49. The second-order valence-electron chi connectivity index (χ2n) is 5.49. The van der Waals surface area contributed by atoms with E-state index in [2.05, 4.69) is 10.5 Å². The summed E-state index contributed by atoms with van der Waals surface area (Å²) in [5.41, 5.74) is 0. The highest BCUT2D eigenvalue weighted by atomic mass is 16.5. The van der Waals surface area contributed by atoms with E-state index >= 15 is 0 Å². The van der Waals surface area contributed by atoms with Gasteiger partial charge in [-0.1, -0.05) is 17.3 Å². The lowest BCUT2D eigenvalue weighted by Crippen LogP contribution is -2.47. The number of amides is 1. The number of allylic oxidation sites excluding steroid dienone is 2. The van der Waals surface area contributed by atoms with Gasteiger partial charge in [-0.25, -0.2) is 0 Å². The highest BCUT2D eigenvalue weighted by molar-refractivity contribution is 5.95. The fraction of sp³-hybridized carbons (Fsp3) is 0.500. The van der Waals surface area contributed by atoms with E-state index in [9.17, 15) is 14.7 Å². The van der Waals surface area contributed by atoms with Gasteiger partial charge in [-0.05, 0) is 31.6 Å². The van der Waals surface area contributed by atoms with Crippen molar-refractivity contribution in [1.29, 1.82) is 0 Å². The van der Waals surface area contributed by atoms with Crippen LogP contribution in [0.2, 0.25) is 0 Å². The minimum absolute atomic E-state index is 0.00546. The molecule has 1 fully saturated rings. The maximum atomic E-state index is 12.4. The van der Waals surface area contributed by atoms with Gasteiger partial charge in [0.05, 0.1) is 11.8 Å². The number of hydrogen-bond donors (Lipinski definition) is 2. The Hall–Kier alpha value is -2.11. The van der Waals surface area contributed by atoms with Crippen LogP contribution in [0.25, 0.3) is 0 Å². The molecule has 0 aliphatic heterocycles. The first-order chi connectivity index (χ1) is 9.56. The number of aryl methyl sites for hydroxylation is 1. The quantitative estimate of drug-likeness (QED) is 0.822. The van der Waals surface area contributed by atoms with Crippen molar-refractivity contribution in [3.63, 3.8) is 0 Å². The number of carbonyl (C=O) groups is 2. The van der Waals surface area contributed by atoms with Crippen molar-refractivity contribution < 1.29 is 19.2 Å². The van der Waals surface area contributed by atoms with E-state index in [1.54, 1.807) is 13.0 Å². The second kappa shape index (κ2) is 4.77. The van der Waals surface area contributed by atoms with Crippen LogP contribution in [0.15, 0.2) is 22.7 Å². The van der Waals surface area contributed by atoms with Crippen LogP contribution in [0.5, 0.6) is 0 Å². The number of aromatic nitrogens is 1. The number of aliphatic carboxylic acids is 1. The van der Waals surface area contributed by atoms with Gasteiger partial charge in [0.25, 0.3) is 0 Å². The fourth-order valence-electron chi connectivity index (χ4n) is 3.32. The van der Waals surface area contributed by atoms with Crippen LogP contribution in [0.1, 0.15) is 18.6 Å². The van der Waals surface area contributed by atoms with Crippen molar-refractivity contribution in [3.8, 4) is 0 Å². The van der Waals surface area contributed by atoms with Crippen LogP contribution in [0.3, 0.4) is 0 Å². The number of anilines is 1. The molecule has 1 aromatic heterocycles. The topological polar surface area (TPSA) is 92.4 Å². The van der Waals surface area contributed by atoms with Crippen LogP contribution in [0.4, 0.5) is 5.82 Å². The standard InChI is InChI=1S/C14H16N2O4/c1-7-6-10(16-20-7)15-13(17)11-8-2-4-9(5-3-8)12(11)14(18)19/h2,4,6,8-9,11-12H,3,5H2,1H3,(H,18,19)(H,15,16,17)/t8-,9-,11-,12-/m0/s1. The third-order valence-corrected chi connectivity index (χ3v) is 4.22. The maximum absolute atomic E-state index is 12.4. The molecule has 2 N–H and O–H groups in total. The van der Waals surface area contributed by atoms with Gasteiger partial charge in [-0.15, -0.1) is 0 Å². The molecule has 0 spiro atoms. The SMILES string of the molecule is Cc1cc(NC(=O)[C@@H]2[C@@H](C(=O)O)[C@H]3C=C[C@H]2CC3)no1. The number of rotatable bonds is 3. The Labute approximate surface area is 115 Å². The Balaban J connectivity index is 1.82. The molecule has 1 heterocycles. The normalized spacial score (nSPS) is 31.2.